The van der Waals surface area contributed by atoms with Gasteiger partial charge >= 0.3 is 0 Å². The Balaban J connectivity index is 1.75. The van der Waals surface area contributed by atoms with Crippen molar-refractivity contribution < 1.29 is 22.3 Å². The first kappa shape index (κ1) is 23.6. The summed E-state index contributed by atoms with van der Waals surface area (Å²) >= 11 is 6.09. The largest absolute Gasteiger partial charge is 0.381 e. The maximum atomic E-state index is 14.1. The lowest BCUT2D eigenvalue weighted by atomic mass is 10.0. The van der Waals surface area contributed by atoms with Gasteiger partial charge in [-0.1, -0.05) is 29.5 Å². The fourth-order valence-electron chi connectivity index (χ4n) is 3.19. The second kappa shape index (κ2) is 9.35. The van der Waals surface area contributed by atoms with E-state index in [1.165, 1.54) is 12.3 Å². The Bertz CT molecular complexity index is 1580. The average Bonchev–Trinajstić information content (AvgIpc) is 2.78. The van der Waals surface area contributed by atoms with Crippen LogP contribution in [-0.2, 0) is 10.0 Å². The van der Waals surface area contributed by atoms with E-state index in [-0.39, 0.29) is 10.8 Å². The van der Waals surface area contributed by atoms with E-state index >= 15 is 0 Å². The van der Waals surface area contributed by atoms with Gasteiger partial charge in [0.2, 0.25) is 0 Å². The molecule has 2 aromatic carbocycles. The molecule has 0 saturated carbocycles. The van der Waals surface area contributed by atoms with Crippen LogP contribution in [0.3, 0.4) is 0 Å². The number of hydrogen-bond donors (Lipinski definition) is 2. The van der Waals surface area contributed by atoms with Gasteiger partial charge in [0.15, 0.2) is 5.15 Å². The molecule has 4 rings (SSSR count). The Kier molecular flexibility index (Phi) is 6.48. The van der Waals surface area contributed by atoms with Crippen molar-refractivity contribution in [1.82, 2.24) is 9.97 Å². The zero-order valence-corrected chi connectivity index (χ0v) is 19.1. The first-order valence-electron chi connectivity index (χ1n) is 9.86. The topological polar surface area (TPSA) is 92.2 Å². The maximum absolute atomic E-state index is 14.1. The Hall–Kier alpha value is -3.58. The van der Waals surface area contributed by atoms with Crippen molar-refractivity contribution >= 4 is 38.2 Å². The third-order valence-electron chi connectivity index (χ3n) is 4.76. The predicted octanol–water partition coefficient (Wildman–Crippen LogP) is 4.76. The quantitative estimate of drug-likeness (QED) is 0.312. The normalized spacial score (nSPS) is 12.1. The lowest BCUT2D eigenvalue weighted by Crippen LogP contribution is -2.15. The number of sulfonamides is 1. The van der Waals surface area contributed by atoms with E-state index in [4.69, 9.17) is 11.6 Å². The van der Waals surface area contributed by atoms with Gasteiger partial charge in [-0.3, -0.25) is 9.71 Å². The molecule has 0 spiro atoms. The Morgan fingerprint density at radius 3 is 2.59 bits per heavy atom. The minimum atomic E-state index is -4.41. The molecule has 0 aliphatic rings. The summed E-state index contributed by atoms with van der Waals surface area (Å²) in [6.07, 6.45) is 2.27. The predicted molar refractivity (Wildman–Crippen MR) is 126 cm³/mol. The lowest BCUT2D eigenvalue weighted by Gasteiger charge is -2.12. The number of nitrogens with one attached hydrogen (secondary N) is 1. The number of aliphatic hydroxyl groups is 1. The van der Waals surface area contributed by atoms with Gasteiger partial charge < -0.3 is 5.11 Å². The van der Waals surface area contributed by atoms with E-state index in [0.717, 1.165) is 17.5 Å². The second-order valence-electron chi connectivity index (χ2n) is 7.28. The summed E-state index contributed by atoms with van der Waals surface area (Å²) in [5.74, 6) is 3.47. The van der Waals surface area contributed by atoms with Crippen molar-refractivity contribution in [2.45, 2.75) is 17.9 Å². The number of aliphatic hydroxyl groups excluding tert-OH is 1. The molecular weight excluding hydrogens is 484 g/mol. The van der Waals surface area contributed by atoms with Crippen LogP contribution in [0.2, 0.25) is 5.15 Å². The summed E-state index contributed by atoms with van der Waals surface area (Å²) in [5, 5.41) is 10.0. The van der Waals surface area contributed by atoms with E-state index in [1.807, 2.05) is 0 Å². The summed E-state index contributed by atoms with van der Waals surface area (Å²) in [7, 11) is -4.41. The molecule has 0 fully saturated rings. The first-order chi connectivity index (χ1) is 16.1. The molecule has 4 aromatic rings. The van der Waals surface area contributed by atoms with Gasteiger partial charge in [-0.15, -0.1) is 0 Å². The SMILES string of the molecule is CC(O)C#Cc1ccnc2ccc(-c3cnc(Cl)c(NS(=O)(=O)c4ccc(F)cc4F)c3)cc12. The summed E-state index contributed by atoms with van der Waals surface area (Å²) in [6, 6.07) is 10.7. The molecule has 172 valence electrons. The Labute approximate surface area is 199 Å². The van der Waals surface area contributed by atoms with Gasteiger partial charge in [0, 0.05) is 35.0 Å². The highest BCUT2D eigenvalue weighted by atomic mass is 35.5. The number of anilines is 1. The van der Waals surface area contributed by atoms with Crippen molar-refractivity contribution in [3.63, 3.8) is 0 Å². The molecular formula is C24H16ClF2N3O3S. The van der Waals surface area contributed by atoms with Crippen molar-refractivity contribution in [1.29, 1.82) is 0 Å². The minimum absolute atomic E-state index is 0.0803. The van der Waals surface area contributed by atoms with Gasteiger partial charge in [-0.05, 0) is 48.9 Å². The molecule has 2 heterocycles. The zero-order valence-electron chi connectivity index (χ0n) is 17.6. The van der Waals surface area contributed by atoms with Crippen LogP contribution in [-0.4, -0.2) is 29.6 Å². The van der Waals surface area contributed by atoms with E-state index in [1.54, 1.807) is 37.4 Å². The van der Waals surface area contributed by atoms with Crippen molar-refractivity contribution in [2.24, 2.45) is 0 Å². The minimum Gasteiger partial charge on any atom is -0.381 e. The molecule has 1 atom stereocenters. The van der Waals surface area contributed by atoms with Crippen LogP contribution in [0.1, 0.15) is 12.5 Å². The van der Waals surface area contributed by atoms with Crippen molar-refractivity contribution in [2.75, 3.05) is 4.72 Å². The molecule has 0 bridgehead atoms. The number of aromatic nitrogens is 2. The van der Waals surface area contributed by atoms with Gasteiger partial charge in [0.25, 0.3) is 10.0 Å². The summed E-state index contributed by atoms with van der Waals surface area (Å²) in [4.78, 5) is 7.62. The second-order valence-corrected chi connectivity index (χ2v) is 9.29. The number of hydrogen-bond acceptors (Lipinski definition) is 5. The molecule has 34 heavy (non-hydrogen) atoms. The number of rotatable bonds is 4. The van der Waals surface area contributed by atoms with E-state index in [9.17, 15) is 22.3 Å². The van der Waals surface area contributed by atoms with Crippen LogP contribution < -0.4 is 4.72 Å². The molecule has 0 saturated heterocycles. The monoisotopic (exact) mass is 499 g/mol. The molecule has 1 unspecified atom stereocenters. The van der Waals surface area contributed by atoms with Crippen LogP contribution in [0, 0.1) is 23.5 Å². The highest BCUT2D eigenvalue weighted by Gasteiger charge is 2.21. The van der Waals surface area contributed by atoms with Gasteiger partial charge in [-0.25, -0.2) is 22.2 Å². The van der Waals surface area contributed by atoms with Crippen LogP contribution in [0.25, 0.3) is 22.0 Å². The highest BCUT2D eigenvalue weighted by molar-refractivity contribution is 7.92. The number of benzene rings is 2. The van der Waals surface area contributed by atoms with Crippen LogP contribution in [0.5, 0.6) is 0 Å². The van der Waals surface area contributed by atoms with E-state index < -0.39 is 32.7 Å². The Morgan fingerprint density at radius 1 is 1.06 bits per heavy atom. The van der Waals surface area contributed by atoms with Gasteiger partial charge in [0.05, 0.1) is 11.2 Å². The third kappa shape index (κ3) is 4.99. The number of halogens is 3. The van der Waals surface area contributed by atoms with Crippen molar-refractivity contribution in [3.8, 4) is 23.0 Å². The lowest BCUT2D eigenvalue weighted by molar-refractivity contribution is 0.253. The van der Waals surface area contributed by atoms with Gasteiger partial charge in [0.1, 0.15) is 22.6 Å². The molecule has 2 aromatic heterocycles. The molecule has 6 nitrogen and oxygen atoms in total. The summed E-state index contributed by atoms with van der Waals surface area (Å²) in [5.41, 5.74) is 2.43. The molecule has 0 aliphatic heterocycles. The molecule has 0 amide bonds. The molecule has 0 aliphatic carbocycles. The zero-order chi connectivity index (χ0) is 24.5. The van der Waals surface area contributed by atoms with Crippen LogP contribution >= 0.6 is 11.6 Å². The number of fused-ring (bicyclic) bond motifs is 1. The van der Waals surface area contributed by atoms with Gasteiger partial charge in [-0.2, -0.15) is 0 Å². The number of pyridine rings is 2. The molecule has 0 radical (unpaired) electrons. The van der Waals surface area contributed by atoms with Crippen LogP contribution in [0.4, 0.5) is 14.5 Å². The smallest absolute Gasteiger partial charge is 0.264 e. The third-order valence-corrected chi connectivity index (χ3v) is 6.46. The standard InChI is InChI=1S/C24H16ClF2N3O3S/c1-14(31)2-3-15-8-9-28-21-6-4-16(10-19(15)21)17-11-22(24(25)29-13-17)30-34(32,33)23-7-5-18(26)12-20(23)27/h4-14,30-31H,1H3. The highest BCUT2D eigenvalue weighted by Crippen LogP contribution is 2.31. The Morgan fingerprint density at radius 2 is 1.85 bits per heavy atom. The summed E-state index contributed by atoms with van der Waals surface area (Å²) in [6.45, 7) is 1.56. The average molecular weight is 500 g/mol. The van der Waals surface area contributed by atoms with E-state index in [2.05, 4.69) is 26.5 Å². The fourth-order valence-corrected chi connectivity index (χ4v) is 4.51. The summed E-state index contributed by atoms with van der Waals surface area (Å²) < 4.78 is 54.8. The fraction of sp³-hybridized carbons (Fsp3) is 0.0833. The molecule has 10 heteroatoms. The van der Waals surface area contributed by atoms with Crippen LogP contribution in [0.15, 0.2) is 65.8 Å². The first-order valence-corrected chi connectivity index (χ1v) is 11.7. The molecule has 2 N–H and O–H groups in total. The number of nitrogens with zero attached hydrogens (tertiary/aromatic N) is 2. The maximum Gasteiger partial charge on any atom is 0.264 e. The van der Waals surface area contributed by atoms with E-state index in [0.29, 0.717) is 28.3 Å². The van der Waals surface area contributed by atoms with Crippen molar-refractivity contribution in [3.05, 3.63) is 83.3 Å².